The molecule has 0 spiro atoms. The molecule has 1 heterocycles. The number of sulfone groups is 1. The van der Waals surface area contributed by atoms with Crippen LogP contribution in [0.1, 0.15) is 17.5 Å². The summed E-state index contributed by atoms with van der Waals surface area (Å²) < 4.78 is 25.6. The summed E-state index contributed by atoms with van der Waals surface area (Å²) in [5, 5.41) is 0. The number of rotatable bonds is 5. The highest BCUT2D eigenvalue weighted by Crippen LogP contribution is 2.22. The molecule has 0 bridgehead atoms. The zero-order chi connectivity index (χ0) is 18.6. The van der Waals surface area contributed by atoms with Gasteiger partial charge in [-0.25, -0.2) is 8.42 Å². The normalized spacial score (nSPS) is 14.8. The topological polar surface area (TPSA) is 54.5 Å². The lowest BCUT2D eigenvalue weighted by Gasteiger charge is -2.26. The van der Waals surface area contributed by atoms with Gasteiger partial charge in [-0.2, -0.15) is 0 Å². The fraction of sp³-hybridized carbons (Fsp3) is 0.250. The molecule has 136 valence electrons. The summed E-state index contributed by atoms with van der Waals surface area (Å²) in [6, 6.07) is 17.2. The van der Waals surface area contributed by atoms with Crippen molar-refractivity contribution in [2.24, 2.45) is 0 Å². The van der Waals surface area contributed by atoms with Gasteiger partial charge in [0, 0.05) is 17.6 Å². The van der Waals surface area contributed by atoms with Gasteiger partial charge in [0.1, 0.15) is 5.75 Å². The van der Waals surface area contributed by atoms with Gasteiger partial charge in [0.25, 0.3) is 0 Å². The molecule has 0 fully saturated rings. The largest absolute Gasteiger partial charge is 0.338 e. The molecule has 2 aromatic carbocycles. The molecule has 6 heteroatoms. The van der Waals surface area contributed by atoms with E-state index in [2.05, 4.69) is 15.9 Å². The van der Waals surface area contributed by atoms with Crippen molar-refractivity contribution in [2.45, 2.75) is 12.2 Å². The highest BCUT2D eigenvalue weighted by atomic mass is 79.9. The standard InChI is InChI=1S/C20H20BrNO3S/c21-19-8-4-5-16(13-19)14-26(24,25)15-20(23)22-11-9-18(10-12-22)17-6-2-1-3-7-17/h1-9,13H,10-12,14-15H2. The summed E-state index contributed by atoms with van der Waals surface area (Å²) in [6.07, 6.45) is 2.75. The maximum Gasteiger partial charge on any atom is 0.238 e. The summed E-state index contributed by atoms with van der Waals surface area (Å²) >= 11 is 3.33. The second kappa shape index (κ2) is 8.18. The second-order valence-corrected chi connectivity index (χ2v) is 9.33. The van der Waals surface area contributed by atoms with Crippen molar-refractivity contribution in [1.82, 2.24) is 4.90 Å². The second-order valence-electron chi connectivity index (χ2n) is 6.35. The predicted octanol–water partition coefficient (Wildman–Crippen LogP) is 3.68. The third kappa shape index (κ3) is 5.05. The van der Waals surface area contributed by atoms with Crippen LogP contribution in [0.3, 0.4) is 0 Å². The molecule has 0 saturated heterocycles. The van der Waals surface area contributed by atoms with Crippen molar-refractivity contribution in [1.29, 1.82) is 0 Å². The maximum absolute atomic E-state index is 12.4. The van der Waals surface area contributed by atoms with Crippen LogP contribution in [0, 0.1) is 0 Å². The lowest BCUT2D eigenvalue weighted by molar-refractivity contribution is -0.128. The molecule has 0 unspecified atom stereocenters. The van der Waals surface area contributed by atoms with Crippen LogP contribution in [0.2, 0.25) is 0 Å². The van der Waals surface area contributed by atoms with E-state index in [1.54, 1.807) is 23.1 Å². The summed E-state index contributed by atoms with van der Waals surface area (Å²) in [4.78, 5) is 14.0. The molecule has 1 aliphatic heterocycles. The molecule has 2 aromatic rings. The van der Waals surface area contributed by atoms with E-state index in [0.717, 1.165) is 16.5 Å². The molecule has 0 aliphatic carbocycles. The maximum atomic E-state index is 12.4. The molecule has 4 nitrogen and oxygen atoms in total. The van der Waals surface area contributed by atoms with E-state index >= 15 is 0 Å². The molecule has 0 N–H and O–H groups in total. The van der Waals surface area contributed by atoms with Gasteiger partial charge in [-0.1, -0.05) is 64.5 Å². The number of nitrogens with zero attached hydrogens (tertiary/aromatic N) is 1. The molecular weight excluding hydrogens is 414 g/mol. The zero-order valence-corrected chi connectivity index (χ0v) is 16.7. The fourth-order valence-corrected chi connectivity index (χ4v) is 4.82. The average molecular weight is 434 g/mol. The molecule has 26 heavy (non-hydrogen) atoms. The van der Waals surface area contributed by atoms with Crippen molar-refractivity contribution in [3.8, 4) is 0 Å². The molecule has 0 radical (unpaired) electrons. The van der Waals surface area contributed by atoms with Crippen molar-refractivity contribution >= 4 is 37.2 Å². The molecule has 1 amide bonds. The molecule has 1 aliphatic rings. The van der Waals surface area contributed by atoms with Crippen LogP contribution in [-0.2, 0) is 20.4 Å². The molecule has 0 atom stereocenters. The van der Waals surface area contributed by atoms with Crippen LogP contribution in [0.15, 0.2) is 65.1 Å². The van der Waals surface area contributed by atoms with E-state index in [1.165, 1.54) is 5.57 Å². The van der Waals surface area contributed by atoms with Gasteiger partial charge in [0.05, 0.1) is 5.75 Å². The highest BCUT2D eigenvalue weighted by molar-refractivity contribution is 9.10. The van der Waals surface area contributed by atoms with Crippen LogP contribution >= 0.6 is 15.9 Å². The van der Waals surface area contributed by atoms with E-state index in [1.807, 2.05) is 42.5 Å². The Morgan fingerprint density at radius 2 is 1.85 bits per heavy atom. The monoisotopic (exact) mass is 433 g/mol. The van der Waals surface area contributed by atoms with Gasteiger partial charge in [-0.15, -0.1) is 0 Å². The first-order valence-electron chi connectivity index (χ1n) is 8.40. The Bertz CT molecular complexity index is 923. The Morgan fingerprint density at radius 1 is 1.08 bits per heavy atom. The fourth-order valence-electron chi connectivity index (χ4n) is 3.02. The number of hydrogen-bond acceptors (Lipinski definition) is 3. The third-order valence-corrected chi connectivity index (χ3v) is 6.28. The first-order chi connectivity index (χ1) is 12.4. The summed E-state index contributed by atoms with van der Waals surface area (Å²) in [5.74, 6) is -0.908. The lowest BCUT2D eigenvalue weighted by Crippen LogP contribution is -2.38. The first-order valence-corrected chi connectivity index (χ1v) is 11.0. The Labute approximate surface area is 162 Å². The van der Waals surface area contributed by atoms with Gasteiger partial charge in [-0.05, 0) is 35.3 Å². The predicted molar refractivity (Wildman–Crippen MR) is 107 cm³/mol. The number of carbonyl (C=O) groups is 1. The third-order valence-electron chi connectivity index (χ3n) is 4.33. The zero-order valence-electron chi connectivity index (χ0n) is 14.3. The van der Waals surface area contributed by atoms with Gasteiger partial charge < -0.3 is 4.90 Å². The van der Waals surface area contributed by atoms with E-state index in [9.17, 15) is 13.2 Å². The van der Waals surface area contributed by atoms with Gasteiger partial charge in [-0.3, -0.25) is 4.79 Å². The summed E-state index contributed by atoms with van der Waals surface area (Å²) in [7, 11) is -3.50. The molecule has 0 aromatic heterocycles. The van der Waals surface area contributed by atoms with Crippen molar-refractivity contribution in [3.63, 3.8) is 0 Å². The molecule has 3 rings (SSSR count). The Hall–Kier alpha value is -1.92. The Balaban J connectivity index is 1.61. The minimum absolute atomic E-state index is 0.128. The number of benzene rings is 2. The van der Waals surface area contributed by atoms with Gasteiger partial charge >= 0.3 is 0 Å². The molecular formula is C20H20BrNO3S. The van der Waals surface area contributed by atoms with Crippen LogP contribution in [-0.4, -0.2) is 38.1 Å². The SMILES string of the molecule is O=C(CS(=O)(=O)Cc1cccc(Br)c1)N1CC=C(c2ccccc2)CC1. The molecule has 0 saturated carbocycles. The minimum atomic E-state index is -3.50. The van der Waals surface area contributed by atoms with Crippen LogP contribution in [0.4, 0.5) is 0 Å². The van der Waals surface area contributed by atoms with E-state index in [-0.39, 0.29) is 11.7 Å². The van der Waals surface area contributed by atoms with Crippen molar-refractivity contribution in [2.75, 3.05) is 18.8 Å². The smallest absolute Gasteiger partial charge is 0.238 e. The first kappa shape index (κ1) is 18.9. The van der Waals surface area contributed by atoms with Crippen LogP contribution in [0.5, 0.6) is 0 Å². The van der Waals surface area contributed by atoms with Crippen molar-refractivity contribution in [3.05, 3.63) is 76.3 Å². The van der Waals surface area contributed by atoms with Gasteiger partial charge in [0.15, 0.2) is 9.84 Å². The van der Waals surface area contributed by atoms with Gasteiger partial charge in [0.2, 0.25) is 5.91 Å². The number of halogens is 1. The highest BCUT2D eigenvalue weighted by Gasteiger charge is 2.24. The Kier molecular flexibility index (Phi) is 5.94. The quantitative estimate of drug-likeness (QED) is 0.722. The van der Waals surface area contributed by atoms with E-state index in [4.69, 9.17) is 0 Å². The number of hydrogen-bond donors (Lipinski definition) is 0. The number of amides is 1. The average Bonchev–Trinajstić information content (AvgIpc) is 2.62. The summed E-state index contributed by atoms with van der Waals surface area (Å²) in [6.45, 7) is 1.00. The van der Waals surface area contributed by atoms with Crippen LogP contribution < -0.4 is 0 Å². The summed E-state index contributed by atoms with van der Waals surface area (Å²) in [5.41, 5.74) is 3.03. The van der Waals surface area contributed by atoms with E-state index in [0.29, 0.717) is 18.7 Å². The van der Waals surface area contributed by atoms with Crippen LogP contribution in [0.25, 0.3) is 5.57 Å². The number of carbonyl (C=O) groups excluding carboxylic acids is 1. The Morgan fingerprint density at radius 3 is 2.50 bits per heavy atom. The van der Waals surface area contributed by atoms with E-state index < -0.39 is 15.6 Å². The van der Waals surface area contributed by atoms with Crippen molar-refractivity contribution < 1.29 is 13.2 Å². The lowest BCUT2D eigenvalue weighted by atomic mass is 10.00. The minimum Gasteiger partial charge on any atom is -0.338 e.